The molecular formula is C31H37N3O7. The third-order valence-electron chi connectivity index (χ3n) is 7.38. The highest BCUT2D eigenvalue weighted by Crippen LogP contribution is 2.49. The zero-order valence-corrected chi connectivity index (χ0v) is 23.8. The van der Waals surface area contributed by atoms with Crippen molar-refractivity contribution in [3.8, 4) is 17.6 Å². The summed E-state index contributed by atoms with van der Waals surface area (Å²) in [6.07, 6.45) is 0.713. The Balaban J connectivity index is 1.69. The molecule has 0 spiro atoms. The minimum atomic E-state index is -1.58. The molecule has 1 aliphatic heterocycles. The van der Waals surface area contributed by atoms with Gasteiger partial charge in [-0.05, 0) is 70.5 Å². The van der Waals surface area contributed by atoms with Gasteiger partial charge in [-0.1, -0.05) is 18.2 Å². The van der Waals surface area contributed by atoms with Crippen LogP contribution in [0.15, 0.2) is 71.1 Å². The number of hydrogen-bond donors (Lipinski definition) is 4. The fraction of sp³-hybridized carbons (Fsp3) is 0.387. The Bertz CT molecular complexity index is 1320. The highest BCUT2D eigenvalue weighted by Gasteiger charge is 2.49. The zero-order valence-electron chi connectivity index (χ0n) is 23.8. The highest BCUT2D eigenvalue weighted by molar-refractivity contribution is 6.00. The topological polar surface area (TPSA) is 152 Å². The maximum absolute atomic E-state index is 12.5. The number of carbonyl (C=O) groups is 2. The van der Waals surface area contributed by atoms with Crippen LogP contribution in [0.25, 0.3) is 0 Å². The molecule has 0 saturated heterocycles. The molecule has 0 fully saturated rings. The zero-order chi connectivity index (χ0) is 30.2. The number of nitriles is 1. The molecule has 10 nitrogen and oxygen atoms in total. The molecule has 2 aromatic carbocycles. The van der Waals surface area contributed by atoms with Crippen LogP contribution in [0.2, 0.25) is 0 Å². The van der Waals surface area contributed by atoms with Crippen molar-refractivity contribution in [2.24, 2.45) is 0 Å². The lowest BCUT2D eigenvalue weighted by molar-refractivity contribution is -0.134. The number of aliphatic hydroxyl groups is 1. The number of hydrogen-bond acceptors (Lipinski definition) is 8. The largest absolute Gasteiger partial charge is 0.493 e. The monoisotopic (exact) mass is 563 g/mol. The predicted octanol–water partition coefficient (Wildman–Crippen LogP) is 3.67. The van der Waals surface area contributed by atoms with Gasteiger partial charge >= 0.3 is 11.9 Å². The lowest BCUT2D eigenvalue weighted by atomic mass is 9.66. The van der Waals surface area contributed by atoms with E-state index >= 15 is 0 Å². The maximum Gasteiger partial charge on any atom is 0.334 e. The standard InChI is InChI=1S/C31H37N3O7/c1-20-27(29(36)37)31(3,28(30(38)39)21(2)34(20)4)25-16-22(17-32)12-13-26(25)40-15-9-8-14-33-18-23(35)19-41-24-10-6-5-7-11-24/h5-7,10-13,16,23,33,35H,8-9,14-15,18-19H2,1-4H3,(H,36,37)(H,38,39)/t23-/m0/s1. The van der Waals surface area contributed by atoms with E-state index in [0.29, 0.717) is 48.0 Å². The molecule has 3 rings (SSSR count). The molecule has 0 radical (unpaired) electrons. The Labute approximate surface area is 240 Å². The second-order valence-electron chi connectivity index (χ2n) is 10.1. The summed E-state index contributed by atoms with van der Waals surface area (Å²) < 4.78 is 11.6. The molecule has 4 N–H and O–H groups in total. The summed E-state index contributed by atoms with van der Waals surface area (Å²) >= 11 is 0. The summed E-state index contributed by atoms with van der Waals surface area (Å²) in [4.78, 5) is 26.6. The van der Waals surface area contributed by atoms with E-state index < -0.39 is 23.5 Å². The van der Waals surface area contributed by atoms with Crippen LogP contribution in [0.4, 0.5) is 0 Å². The van der Waals surface area contributed by atoms with Gasteiger partial charge < -0.3 is 35.0 Å². The summed E-state index contributed by atoms with van der Waals surface area (Å²) in [5, 5.41) is 43.3. The van der Waals surface area contributed by atoms with E-state index in [9.17, 15) is 30.2 Å². The van der Waals surface area contributed by atoms with Crippen LogP contribution in [-0.4, -0.2) is 71.6 Å². The van der Waals surface area contributed by atoms with Gasteiger partial charge in [-0.15, -0.1) is 0 Å². The predicted molar refractivity (Wildman–Crippen MR) is 152 cm³/mol. The third kappa shape index (κ3) is 7.06. The molecular weight excluding hydrogens is 526 g/mol. The second kappa shape index (κ2) is 13.8. The Morgan fingerprint density at radius 1 is 1.02 bits per heavy atom. The average Bonchev–Trinajstić information content (AvgIpc) is 2.94. The van der Waals surface area contributed by atoms with Crippen molar-refractivity contribution in [1.29, 1.82) is 5.26 Å². The fourth-order valence-corrected chi connectivity index (χ4v) is 5.13. The SMILES string of the molecule is CC1=C(C(=O)O)C(C)(c2cc(C#N)ccc2OCCCCNC[C@H](O)COc2ccccc2)C(C(=O)O)=C(C)N1C. The molecule has 1 atom stereocenters. The molecule has 218 valence electrons. The van der Waals surface area contributed by atoms with Crippen LogP contribution < -0.4 is 14.8 Å². The summed E-state index contributed by atoms with van der Waals surface area (Å²) in [6.45, 7) is 6.29. The van der Waals surface area contributed by atoms with Crippen LogP contribution in [0.5, 0.6) is 11.5 Å². The first-order valence-corrected chi connectivity index (χ1v) is 13.4. The Morgan fingerprint density at radius 3 is 2.24 bits per heavy atom. The number of allylic oxidation sites excluding steroid dienone is 2. The molecule has 0 bridgehead atoms. The number of carboxylic acids is 2. The van der Waals surface area contributed by atoms with Gasteiger partial charge in [-0.25, -0.2) is 9.59 Å². The molecule has 10 heteroatoms. The van der Waals surface area contributed by atoms with E-state index in [1.165, 1.54) is 6.07 Å². The number of benzene rings is 2. The van der Waals surface area contributed by atoms with E-state index in [1.54, 1.807) is 44.9 Å². The summed E-state index contributed by atoms with van der Waals surface area (Å²) in [5.74, 6) is -1.49. The Morgan fingerprint density at radius 2 is 1.66 bits per heavy atom. The van der Waals surface area contributed by atoms with Crippen molar-refractivity contribution in [1.82, 2.24) is 10.2 Å². The molecule has 0 aliphatic carbocycles. The van der Waals surface area contributed by atoms with Crippen molar-refractivity contribution in [3.05, 3.63) is 82.2 Å². The number of aliphatic hydroxyl groups excluding tert-OH is 1. The minimum absolute atomic E-state index is 0.0954. The molecule has 41 heavy (non-hydrogen) atoms. The molecule has 1 aliphatic rings. The van der Waals surface area contributed by atoms with Crippen LogP contribution in [0.1, 0.15) is 44.7 Å². The number of aliphatic carboxylic acids is 2. The summed E-state index contributed by atoms with van der Waals surface area (Å²) in [7, 11) is 1.63. The van der Waals surface area contributed by atoms with Gasteiger partial charge in [0.2, 0.25) is 0 Å². The van der Waals surface area contributed by atoms with Crippen molar-refractivity contribution < 1.29 is 34.4 Å². The lowest BCUT2D eigenvalue weighted by Gasteiger charge is -2.42. The number of unbranched alkanes of at least 4 members (excludes halogenated alkanes) is 1. The van der Waals surface area contributed by atoms with Crippen molar-refractivity contribution in [2.75, 3.05) is 33.4 Å². The van der Waals surface area contributed by atoms with Gasteiger partial charge in [0.05, 0.1) is 34.8 Å². The van der Waals surface area contributed by atoms with E-state index in [-0.39, 0.29) is 29.9 Å². The van der Waals surface area contributed by atoms with Crippen LogP contribution >= 0.6 is 0 Å². The van der Waals surface area contributed by atoms with E-state index in [2.05, 4.69) is 11.4 Å². The number of para-hydroxylation sites is 1. The smallest absolute Gasteiger partial charge is 0.334 e. The fourth-order valence-electron chi connectivity index (χ4n) is 5.13. The van der Waals surface area contributed by atoms with Crippen molar-refractivity contribution in [2.45, 2.75) is 45.1 Å². The van der Waals surface area contributed by atoms with Crippen molar-refractivity contribution >= 4 is 11.9 Å². The van der Waals surface area contributed by atoms with E-state index in [4.69, 9.17) is 9.47 Å². The number of rotatable bonds is 14. The average molecular weight is 564 g/mol. The minimum Gasteiger partial charge on any atom is -0.493 e. The first-order valence-electron chi connectivity index (χ1n) is 13.4. The van der Waals surface area contributed by atoms with Crippen LogP contribution in [0, 0.1) is 11.3 Å². The Kier molecular flexibility index (Phi) is 10.5. The van der Waals surface area contributed by atoms with Crippen LogP contribution in [0.3, 0.4) is 0 Å². The molecule has 0 amide bonds. The summed E-state index contributed by atoms with van der Waals surface area (Å²) in [5.41, 5.74) is -0.408. The quantitative estimate of drug-likeness (QED) is 0.251. The number of nitrogens with zero attached hydrogens (tertiary/aromatic N) is 2. The molecule has 0 unspecified atom stereocenters. The molecule has 0 aromatic heterocycles. The second-order valence-corrected chi connectivity index (χ2v) is 10.1. The van der Waals surface area contributed by atoms with Gasteiger partial charge in [0, 0.05) is 30.5 Å². The van der Waals surface area contributed by atoms with Crippen molar-refractivity contribution in [3.63, 3.8) is 0 Å². The van der Waals surface area contributed by atoms with Gasteiger partial charge in [-0.3, -0.25) is 0 Å². The van der Waals surface area contributed by atoms with Gasteiger partial charge in [0.1, 0.15) is 24.2 Å². The van der Waals surface area contributed by atoms with Gasteiger partial charge in [0.25, 0.3) is 0 Å². The number of carboxylic acid groups (broad SMARTS) is 2. The number of nitrogens with one attached hydrogen (secondary N) is 1. The molecule has 2 aromatic rings. The summed E-state index contributed by atoms with van der Waals surface area (Å²) in [6, 6.07) is 16.0. The lowest BCUT2D eigenvalue weighted by Crippen LogP contribution is -2.43. The number of ether oxygens (including phenoxy) is 2. The Hall–Kier alpha value is -4.33. The highest BCUT2D eigenvalue weighted by atomic mass is 16.5. The normalized spacial score (nSPS) is 15.4. The van der Waals surface area contributed by atoms with Gasteiger partial charge in [0.15, 0.2) is 0 Å². The molecule has 0 saturated carbocycles. The van der Waals surface area contributed by atoms with Gasteiger partial charge in [-0.2, -0.15) is 5.26 Å². The third-order valence-corrected chi connectivity index (χ3v) is 7.38. The van der Waals surface area contributed by atoms with E-state index in [1.807, 2.05) is 30.3 Å². The van der Waals surface area contributed by atoms with Crippen LogP contribution in [-0.2, 0) is 15.0 Å². The molecule has 1 heterocycles. The first kappa shape index (κ1) is 31.2. The van der Waals surface area contributed by atoms with E-state index in [0.717, 1.165) is 6.42 Å². The first-order chi connectivity index (χ1) is 19.5. The maximum atomic E-state index is 12.5.